The molecule has 1 aromatic rings. The number of hydrogen-bond acceptors (Lipinski definition) is 4. The largest absolute Gasteiger partial charge is 0.449 e. The average molecular weight is 383 g/mol. The molecule has 2 aliphatic rings. The van der Waals surface area contributed by atoms with Gasteiger partial charge in [0.05, 0.1) is 5.60 Å². The zero-order valence-corrected chi connectivity index (χ0v) is 14.7. The van der Waals surface area contributed by atoms with Crippen molar-refractivity contribution in [3.8, 4) is 0 Å². The number of rotatable bonds is 4. The van der Waals surface area contributed by atoms with Gasteiger partial charge in [-0.05, 0) is 37.0 Å². The fourth-order valence-corrected chi connectivity index (χ4v) is 3.50. The first-order valence-electron chi connectivity index (χ1n) is 8.19. The molecule has 1 atom stereocenters. The van der Waals surface area contributed by atoms with Crippen LogP contribution >= 0.6 is 15.9 Å². The van der Waals surface area contributed by atoms with Crippen LogP contribution in [-0.4, -0.2) is 54.5 Å². The van der Waals surface area contributed by atoms with E-state index < -0.39 is 5.60 Å². The maximum atomic E-state index is 12.2. The molecule has 0 bridgehead atoms. The summed E-state index contributed by atoms with van der Waals surface area (Å²) in [5.41, 5.74) is 0.265. The van der Waals surface area contributed by atoms with Crippen molar-refractivity contribution in [3.05, 3.63) is 34.3 Å². The number of benzene rings is 1. The molecule has 1 aliphatic carbocycles. The van der Waals surface area contributed by atoms with E-state index in [9.17, 15) is 9.90 Å². The van der Waals surface area contributed by atoms with Gasteiger partial charge in [-0.2, -0.15) is 0 Å². The molecule has 1 amide bonds. The average Bonchev–Trinajstić information content (AvgIpc) is 2.55. The third-order valence-corrected chi connectivity index (χ3v) is 5.42. The highest BCUT2D eigenvalue weighted by atomic mass is 79.9. The molecule has 5 nitrogen and oxygen atoms in total. The van der Waals surface area contributed by atoms with Crippen molar-refractivity contribution in [2.24, 2.45) is 0 Å². The molecule has 1 aliphatic heterocycles. The molecule has 1 aromatic carbocycles. The fourth-order valence-electron chi connectivity index (χ4n) is 3.24. The molecule has 1 saturated carbocycles. The van der Waals surface area contributed by atoms with Crippen LogP contribution in [0.3, 0.4) is 0 Å². The minimum Gasteiger partial charge on any atom is -0.449 e. The lowest BCUT2D eigenvalue weighted by Crippen LogP contribution is -2.48. The molecule has 0 aromatic heterocycles. The lowest BCUT2D eigenvalue weighted by atomic mass is 9.69. The van der Waals surface area contributed by atoms with Gasteiger partial charge in [0.2, 0.25) is 0 Å². The molecule has 2 N–H and O–H groups in total. The van der Waals surface area contributed by atoms with E-state index in [0.717, 1.165) is 42.4 Å². The third kappa shape index (κ3) is 3.87. The van der Waals surface area contributed by atoms with Crippen LogP contribution in [0, 0.1) is 0 Å². The number of hydrogen-bond donors (Lipinski definition) is 2. The van der Waals surface area contributed by atoms with Crippen LogP contribution in [0.25, 0.3) is 0 Å². The van der Waals surface area contributed by atoms with Gasteiger partial charge < -0.3 is 20.1 Å². The summed E-state index contributed by atoms with van der Waals surface area (Å²) in [5.74, 6) is -0.170. The zero-order chi connectivity index (χ0) is 16.3. The van der Waals surface area contributed by atoms with Gasteiger partial charge in [-0.1, -0.05) is 28.1 Å². The Bertz CT molecular complexity index is 539. The summed E-state index contributed by atoms with van der Waals surface area (Å²) in [6, 6.07) is 7.90. The molecular weight excluding hydrogens is 360 g/mol. The highest BCUT2D eigenvalue weighted by molar-refractivity contribution is 9.10. The lowest BCUT2D eigenvalue weighted by molar-refractivity contribution is -0.0722. The first kappa shape index (κ1) is 16.7. The number of aliphatic hydroxyl groups is 1. The Morgan fingerprint density at radius 2 is 1.96 bits per heavy atom. The molecule has 1 heterocycles. The fraction of sp³-hybridized carbons (Fsp3) is 0.588. The van der Waals surface area contributed by atoms with Crippen molar-refractivity contribution < 1.29 is 14.6 Å². The summed E-state index contributed by atoms with van der Waals surface area (Å²) in [7, 11) is 0. The van der Waals surface area contributed by atoms with Gasteiger partial charge in [0.15, 0.2) is 0 Å². The third-order valence-electron chi connectivity index (χ3n) is 4.89. The molecule has 1 unspecified atom stereocenters. The Kier molecular flexibility index (Phi) is 5.24. The summed E-state index contributed by atoms with van der Waals surface area (Å²) in [6.45, 7) is 3.17. The predicted octanol–water partition coefficient (Wildman–Crippen LogP) is 2.49. The highest BCUT2D eigenvalue weighted by Crippen LogP contribution is 2.43. The Labute approximate surface area is 145 Å². The van der Waals surface area contributed by atoms with Crippen LogP contribution in [0.2, 0.25) is 0 Å². The van der Waals surface area contributed by atoms with Crippen LogP contribution in [-0.2, 0) is 4.74 Å². The van der Waals surface area contributed by atoms with Crippen LogP contribution in [0.5, 0.6) is 0 Å². The number of nitrogens with zero attached hydrogens (tertiary/aromatic N) is 1. The summed E-state index contributed by atoms with van der Waals surface area (Å²) >= 11 is 3.43. The van der Waals surface area contributed by atoms with Gasteiger partial charge >= 0.3 is 6.09 Å². The van der Waals surface area contributed by atoms with E-state index in [0.29, 0.717) is 13.1 Å². The zero-order valence-electron chi connectivity index (χ0n) is 13.1. The first-order valence-corrected chi connectivity index (χ1v) is 8.98. The highest BCUT2D eigenvalue weighted by Gasteiger charge is 2.43. The van der Waals surface area contributed by atoms with E-state index in [1.165, 1.54) is 0 Å². The van der Waals surface area contributed by atoms with Crippen molar-refractivity contribution in [1.29, 1.82) is 0 Å². The summed E-state index contributed by atoms with van der Waals surface area (Å²) in [6.07, 6.45) is 2.27. The van der Waals surface area contributed by atoms with Crippen LogP contribution in [0.15, 0.2) is 28.7 Å². The molecule has 1 saturated heterocycles. The quantitative estimate of drug-likeness (QED) is 0.839. The molecule has 3 rings (SSSR count). The number of amides is 1. The summed E-state index contributed by atoms with van der Waals surface area (Å²) < 4.78 is 6.54. The van der Waals surface area contributed by atoms with Gasteiger partial charge in [0.1, 0.15) is 6.61 Å². The second-order valence-electron chi connectivity index (χ2n) is 6.38. The van der Waals surface area contributed by atoms with Crippen LogP contribution in [0.4, 0.5) is 4.79 Å². The second-order valence-corrected chi connectivity index (χ2v) is 7.29. The molecule has 23 heavy (non-hydrogen) atoms. The van der Waals surface area contributed by atoms with Gasteiger partial charge in [0, 0.05) is 36.6 Å². The number of carbonyl (C=O) groups excluding carboxylic acids is 1. The Morgan fingerprint density at radius 1 is 1.30 bits per heavy atom. The van der Waals surface area contributed by atoms with E-state index in [4.69, 9.17) is 4.74 Å². The molecule has 126 valence electrons. The Balaban J connectivity index is 1.66. The van der Waals surface area contributed by atoms with Crippen molar-refractivity contribution >= 4 is 22.0 Å². The molecule has 2 fully saturated rings. The number of ether oxygens (including phenoxy) is 1. The SMILES string of the molecule is O=C(OCC(c1ccc(Br)cc1)C1(O)CCC1)N1CCNCC1. The number of carbonyl (C=O) groups is 1. The minimum absolute atomic E-state index is 0.170. The number of piperazine rings is 1. The molecular formula is C17H23BrN2O3. The van der Waals surface area contributed by atoms with Crippen LogP contribution < -0.4 is 5.32 Å². The summed E-state index contributed by atoms with van der Waals surface area (Å²) in [4.78, 5) is 13.9. The molecule has 0 radical (unpaired) electrons. The predicted molar refractivity (Wildman–Crippen MR) is 91.5 cm³/mol. The van der Waals surface area contributed by atoms with E-state index in [2.05, 4.69) is 21.2 Å². The monoisotopic (exact) mass is 382 g/mol. The molecule has 6 heteroatoms. The Morgan fingerprint density at radius 3 is 2.52 bits per heavy atom. The van der Waals surface area contributed by atoms with Gasteiger partial charge in [0.25, 0.3) is 0 Å². The van der Waals surface area contributed by atoms with Gasteiger partial charge in [-0.25, -0.2) is 4.79 Å². The van der Waals surface area contributed by atoms with Crippen LogP contribution in [0.1, 0.15) is 30.7 Å². The van der Waals surface area contributed by atoms with Gasteiger partial charge in [-0.15, -0.1) is 0 Å². The van der Waals surface area contributed by atoms with E-state index in [-0.39, 0.29) is 18.6 Å². The topological polar surface area (TPSA) is 61.8 Å². The molecule has 0 spiro atoms. The Hall–Kier alpha value is -1.11. The normalized spacial score (nSPS) is 21.4. The van der Waals surface area contributed by atoms with Crippen molar-refractivity contribution in [2.75, 3.05) is 32.8 Å². The van der Waals surface area contributed by atoms with E-state index in [1.54, 1.807) is 4.90 Å². The number of nitrogens with one attached hydrogen (secondary N) is 1. The minimum atomic E-state index is -0.752. The maximum absolute atomic E-state index is 12.2. The van der Waals surface area contributed by atoms with Crippen molar-refractivity contribution in [1.82, 2.24) is 10.2 Å². The standard InChI is InChI=1S/C17H23BrN2O3/c18-14-4-2-13(3-5-14)15(17(22)6-1-7-17)12-23-16(21)20-10-8-19-9-11-20/h2-5,15,19,22H,1,6-12H2. The van der Waals surface area contributed by atoms with Crippen molar-refractivity contribution in [3.63, 3.8) is 0 Å². The lowest BCUT2D eigenvalue weighted by Gasteiger charge is -2.43. The first-order chi connectivity index (χ1) is 11.1. The van der Waals surface area contributed by atoms with Gasteiger partial charge in [-0.3, -0.25) is 0 Å². The van der Waals surface area contributed by atoms with E-state index in [1.807, 2.05) is 24.3 Å². The smallest absolute Gasteiger partial charge is 0.409 e. The van der Waals surface area contributed by atoms with E-state index >= 15 is 0 Å². The van der Waals surface area contributed by atoms with Crippen molar-refractivity contribution in [2.45, 2.75) is 30.8 Å². The number of halogens is 1. The summed E-state index contributed by atoms with van der Waals surface area (Å²) in [5, 5.41) is 14.0. The maximum Gasteiger partial charge on any atom is 0.409 e. The second kappa shape index (κ2) is 7.20.